The predicted octanol–water partition coefficient (Wildman–Crippen LogP) is -5.79. The van der Waals surface area contributed by atoms with Crippen LogP contribution < -0.4 is 37.2 Å². The van der Waals surface area contributed by atoms with E-state index in [2.05, 4.69) is 47.3 Å². The van der Waals surface area contributed by atoms with Gasteiger partial charge in [0, 0.05) is 0 Å². The van der Waals surface area contributed by atoms with Crippen LogP contribution in [0.3, 0.4) is 0 Å². The minimum Gasteiger partial charge on any atom is -1.00 e. The standard InChI is InChI=1S/C12H19O.3ClH.Ti/c1-12(2,3)11-6-5-10(9-11)7-8-13-4;;;;/h5H,6-8H2,1-4H3;3*1H;/q;;;;+3/p-3. The summed E-state index contributed by atoms with van der Waals surface area (Å²) in [5.74, 6) is 0. The first-order valence-electron chi connectivity index (χ1n) is 5.10. The fourth-order valence-electron chi connectivity index (χ4n) is 1.74. The number of rotatable bonds is 3. The van der Waals surface area contributed by atoms with Crippen LogP contribution in [-0.4, -0.2) is 13.7 Å². The summed E-state index contributed by atoms with van der Waals surface area (Å²) < 4.78 is 6.60. The predicted molar refractivity (Wildman–Crippen MR) is 55.7 cm³/mol. The van der Waals surface area contributed by atoms with E-state index < -0.39 is 0 Å². The molecule has 1 aliphatic carbocycles. The molecular weight excluding hydrogens is 314 g/mol. The van der Waals surface area contributed by atoms with E-state index in [1.54, 1.807) is 12.7 Å². The Bertz CT molecular complexity index is 280. The van der Waals surface area contributed by atoms with Crippen molar-refractivity contribution in [3.63, 3.8) is 0 Å². The van der Waals surface area contributed by atoms with Gasteiger partial charge in [-0.2, -0.15) is 0 Å². The summed E-state index contributed by atoms with van der Waals surface area (Å²) in [5, 5.41) is 0. The molecule has 0 amide bonds. The van der Waals surface area contributed by atoms with Crippen molar-refractivity contribution >= 4 is 0 Å². The van der Waals surface area contributed by atoms with Crippen molar-refractivity contribution in [2.45, 2.75) is 33.6 Å². The summed E-state index contributed by atoms with van der Waals surface area (Å²) >= 11 is 2.25. The van der Waals surface area contributed by atoms with Crippen LogP contribution in [0, 0.1) is 5.41 Å². The summed E-state index contributed by atoms with van der Waals surface area (Å²) in [5.41, 5.74) is 3.38. The van der Waals surface area contributed by atoms with Gasteiger partial charge >= 0.3 is 99.0 Å². The first-order chi connectivity index (χ1) is 6.46. The summed E-state index contributed by atoms with van der Waals surface area (Å²) in [7, 11) is 1.76. The molecule has 5 heteroatoms. The first kappa shape index (κ1) is 23.1. The Hall–Kier alpha value is 1.02. The molecule has 0 unspecified atom stereocenters. The maximum atomic E-state index is 5.11. The van der Waals surface area contributed by atoms with Gasteiger partial charge in [0.15, 0.2) is 0 Å². The topological polar surface area (TPSA) is 9.23 Å². The van der Waals surface area contributed by atoms with Crippen LogP contribution >= 0.6 is 0 Å². The van der Waals surface area contributed by atoms with Gasteiger partial charge in [0.05, 0.1) is 0 Å². The smallest absolute Gasteiger partial charge is 1.00 e. The second-order valence-corrected chi connectivity index (χ2v) is 5.56. The molecule has 0 N–H and O–H groups in total. The Morgan fingerprint density at radius 2 is 1.76 bits per heavy atom. The van der Waals surface area contributed by atoms with Crippen LogP contribution in [0.1, 0.15) is 33.6 Å². The number of hydrogen-bond donors (Lipinski definition) is 0. The Labute approximate surface area is 135 Å². The largest absolute Gasteiger partial charge is 1.00 e. The molecular formula is C12H19Cl3OTi. The minimum atomic E-state index is 0. The van der Waals surface area contributed by atoms with E-state index >= 15 is 0 Å². The molecule has 0 aromatic heterocycles. The van der Waals surface area contributed by atoms with Gasteiger partial charge in [-0.25, -0.2) is 0 Å². The van der Waals surface area contributed by atoms with Crippen LogP contribution in [0.2, 0.25) is 0 Å². The van der Waals surface area contributed by atoms with Gasteiger partial charge in [0.1, 0.15) is 0 Å². The third-order valence-electron chi connectivity index (χ3n) is 2.66. The average molecular weight is 334 g/mol. The van der Waals surface area contributed by atoms with Crippen molar-refractivity contribution < 1.29 is 62.4 Å². The van der Waals surface area contributed by atoms with Gasteiger partial charge < -0.3 is 37.2 Å². The Kier molecular flexibility index (Phi) is 13.5. The SMILES string of the molecule is COCCC1=CCC(C(C)(C)C)=[C]1[Ti+3].[Cl-].[Cl-].[Cl-]. The third kappa shape index (κ3) is 6.66. The fourth-order valence-corrected chi connectivity index (χ4v) is 2.84. The molecule has 1 aliphatic rings. The van der Waals surface area contributed by atoms with Gasteiger partial charge in [-0.15, -0.1) is 0 Å². The molecule has 0 aliphatic heterocycles. The molecule has 1 rings (SSSR count). The molecule has 17 heavy (non-hydrogen) atoms. The summed E-state index contributed by atoms with van der Waals surface area (Å²) in [4.78, 5) is 0. The van der Waals surface area contributed by atoms with E-state index in [-0.39, 0.29) is 37.2 Å². The fraction of sp³-hybridized carbons (Fsp3) is 0.667. The molecule has 0 saturated heterocycles. The van der Waals surface area contributed by atoms with Crippen molar-refractivity contribution in [1.82, 2.24) is 0 Å². The van der Waals surface area contributed by atoms with Crippen LogP contribution in [-0.2, 0) is 25.2 Å². The van der Waals surface area contributed by atoms with E-state index in [9.17, 15) is 0 Å². The number of halogens is 3. The van der Waals surface area contributed by atoms with E-state index in [0.29, 0.717) is 5.41 Å². The van der Waals surface area contributed by atoms with Crippen molar-refractivity contribution in [3.8, 4) is 0 Å². The van der Waals surface area contributed by atoms with E-state index in [1.807, 2.05) is 0 Å². The van der Waals surface area contributed by atoms with Crippen molar-refractivity contribution in [2.24, 2.45) is 5.41 Å². The normalized spacial score (nSPS) is 14.6. The van der Waals surface area contributed by atoms with Gasteiger partial charge in [-0.3, -0.25) is 0 Å². The van der Waals surface area contributed by atoms with Crippen molar-refractivity contribution in [3.05, 3.63) is 21.1 Å². The summed E-state index contributed by atoms with van der Waals surface area (Å²) in [6.07, 6.45) is 4.55. The third-order valence-corrected chi connectivity index (χ3v) is 3.63. The minimum absolute atomic E-state index is 0. The number of methoxy groups -OCH3 is 1. The molecule has 0 heterocycles. The molecule has 0 bridgehead atoms. The van der Waals surface area contributed by atoms with E-state index in [4.69, 9.17) is 4.74 Å². The van der Waals surface area contributed by atoms with E-state index in [1.165, 1.54) is 9.45 Å². The van der Waals surface area contributed by atoms with Crippen LogP contribution in [0.4, 0.5) is 0 Å². The number of ether oxygens (including phenoxy) is 1. The Balaban J connectivity index is -0.000000653. The summed E-state index contributed by atoms with van der Waals surface area (Å²) in [6.45, 7) is 7.71. The zero-order valence-electron chi connectivity index (χ0n) is 10.7. The molecule has 0 fully saturated rings. The second kappa shape index (κ2) is 9.89. The van der Waals surface area contributed by atoms with Crippen LogP contribution in [0.5, 0.6) is 0 Å². The van der Waals surface area contributed by atoms with Crippen LogP contribution in [0.15, 0.2) is 21.1 Å². The average Bonchev–Trinajstić information content (AvgIpc) is 2.42. The Morgan fingerprint density at radius 3 is 2.12 bits per heavy atom. The monoisotopic (exact) mass is 332 g/mol. The molecule has 0 spiro atoms. The second-order valence-electron chi connectivity index (χ2n) is 4.78. The molecule has 0 atom stereocenters. The number of allylic oxidation sites excluding steroid dienone is 3. The quantitative estimate of drug-likeness (QED) is 0.468. The van der Waals surface area contributed by atoms with Crippen LogP contribution in [0.25, 0.3) is 0 Å². The van der Waals surface area contributed by atoms with Gasteiger partial charge in [0.25, 0.3) is 0 Å². The molecule has 98 valence electrons. The molecule has 0 aromatic rings. The summed E-state index contributed by atoms with van der Waals surface area (Å²) in [6, 6.07) is 0. The van der Waals surface area contributed by atoms with Crippen molar-refractivity contribution in [1.29, 1.82) is 0 Å². The zero-order valence-corrected chi connectivity index (χ0v) is 14.6. The van der Waals surface area contributed by atoms with Gasteiger partial charge in [-0.1, -0.05) is 0 Å². The number of hydrogen-bond acceptors (Lipinski definition) is 1. The van der Waals surface area contributed by atoms with Gasteiger partial charge in [-0.05, 0) is 0 Å². The zero-order chi connectivity index (χ0) is 10.8. The van der Waals surface area contributed by atoms with Gasteiger partial charge in [0.2, 0.25) is 0 Å². The van der Waals surface area contributed by atoms with E-state index in [0.717, 1.165) is 19.4 Å². The molecule has 1 nitrogen and oxygen atoms in total. The molecule has 0 radical (unpaired) electrons. The maximum absolute atomic E-state index is 5.11. The first-order valence-corrected chi connectivity index (χ1v) is 5.88. The molecule has 0 aromatic carbocycles. The van der Waals surface area contributed by atoms with Crippen molar-refractivity contribution in [2.75, 3.05) is 13.7 Å². The Morgan fingerprint density at radius 1 is 1.24 bits per heavy atom. The maximum Gasteiger partial charge on any atom is -1.00 e. The molecule has 0 saturated carbocycles.